The summed E-state index contributed by atoms with van der Waals surface area (Å²) in [7, 11) is 0. The third-order valence-corrected chi connectivity index (χ3v) is 2.46. The van der Waals surface area contributed by atoms with Crippen LogP contribution in [0.4, 0.5) is 0 Å². The molecule has 0 aliphatic carbocycles. The molecule has 0 unspecified atom stereocenters. The Morgan fingerprint density at radius 3 is 3.08 bits per heavy atom. The first-order chi connectivity index (χ1) is 5.95. The molecule has 1 aromatic carbocycles. The fourth-order valence-electron chi connectivity index (χ4n) is 1.78. The Hall–Kier alpha value is -1.02. The summed E-state index contributed by atoms with van der Waals surface area (Å²) >= 11 is 0. The molecule has 2 heteroatoms. The Morgan fingerprint density at radius 1 is 1.33 bits per heavy atom. The van der Waals surface area contributed by atoms with E-state index in [1.807, 2.05) is 12.1 Å². The Bertz CT molecular complexity index is 316. The molecule has 2 heterocycles. The molecule has 12 heavy (non-hydrogen) atoms. The van der Waals surface area contributed by atoms with Crippen molar-refractivity contribution in [2.45, 2.75) is 12.5 Å². The van der Waals surface area contributed by atoms with Crippen LogP contribution in [-0.4, -0.2) is 13.2 Å². The zero-order chi connectivity index (χ0) is 7.97. The van der Waals surface area contributed by atoms with Gasteiger partial charge in [0.2, 0.25) is 0 Å². The van der Waals surface area contributed by atoms with Crippen LogP contribution in [0, 0.1) is 0 Å². The Balaban J connectivity index is 2.12. The predicted molar refractivity (Wildman–Crippen MR) is 44.3 cm³/mol. The molecule has 2 nitrogen and oxygen atoms in total. The highest BCUT2D eigenvalue weighted by Crippen LogP contribution is 2.38. The number of epoxide rings is 1. The second-order valence-electron chi connectivity index (χ2n) is 3.24. The molecule has 3 rings (SSSR count). The van der Waals surface area contributed by atoms with Gasteiger partial charge in [-0.3, -0.25) is 0 Å². The van der Waals surface area contributed by atoms with E-state index in [1.54, 1.807) is 0 Å². The van der Waals surface area contributed by atoms with E-state index in [-0.39, 0.29) is 0 Å². The fourth-order valence-corrected chi connectivity index (χ4v) is 1.78. The van der Waals surface area contributed by atoms with Gasteiger partial charge in [-0.05, 0) is 11.6 Å². The lowest BCUT2D eigenvalue weighted by Gasteiger charge is -2.02. The highest BCUT2D eigenvalue weighted by Gasteiger charge is 2.29. The van der Waals surface area contributed by atoms with Gasteiger partial charge in [-0.15, -0.1) is 0 Å². The van der Waals surface area contributed by atoms with Gasteiger partial charge in [-0.2, -0.15) is 0 Å². The number of benzene rings is 1. The average molecular weight is 162 g/mol. The van der Waals surface area contributed by atoms with Gasteiger partial charge < -0.3 is 9.47 Å². The second kappa shape index (κ2) is 2.23. The van der Waals surface area contributed by atoms with Crippen molar-refractivity contribution in [2.75, 3.05) is 13.2 Å². The van der Waals surface area contributed by atoms with Gasteiger partial charge in [-0.25, -0.2) is 0 Å². The number of hydrogen-bond acceptors (Lipinski definition) is 2. The summed E-state index contributed by atoms with van der Waals surface area (Å²) in [6, 6.07) is 6.22. The van der Waals surface area contributed by atoms with Crippen LogP contribution < -0.4 is 4.74 Å². The lowest BCUT2D eigenvalue weighted by molar-refractivity contribution is 0.357. The van der Waals surface area contributed by atoms with Crippen molar-refractivity contribution < 1.29 is 9.47 Å². The fraction of sp³-hybridized carbons (Fsp3) is 0.400. The average Bonchev–Trinajstić information content (AvgIpc) is 2.82. The molecule has 2 aliphatic rings. The van der Waals surface area contributed by atoms with Crippen molar-refractivity contribution in [1.29, 1.82) is 0 Å². The first kappa shape index (κ1) is 6.49. The molecule has 0 N–H and O–H groups in total. The van der Waals surface area contributed by atoms with Crippen molar-refractivity contribution in [2.24, 2.45) is 0 Å². The number of fused-ring (bicyclic) bond motifs is 1. The summed E-state index contributed by atoms with van der Waals surface area (Å²) in [5.41, 5.74) is 2.70. The maximum absolute atomic E-state index is 5.46. The van der Waals surface area contributed by atoms with E-state index in [1.165, 1.54) is 11.1 Å². The van der Waals surface area contributed by atoms with E-state index < -0.39 is 0 Å². The van der Waals surface area contributed by atoms with E-state index in [0.29, 0.717) is 6.10 Å². The number of hydrogen-bond donors (Lipinski definition) is 0. The third kappa shape index (κ3) is 0.847. The quantitative estimate of drug-likeness (QED) is 0.586. The molecule has 1 aromatic rings. The maximum Gasteiger partial charge on any atom is 0.122 e. The first-order valence-corrected chi connectivity index (χ1v) is 4.31. The standard InChI is InChI=1S/C10H10O2/c1-2-7(10-6-12-10)8-4-5-11-9(8)3-1/h1-3,10H,4-6H2/t10-/m0/s1. The summed E-state index contributed by atoms with van der Waals surface area (Å²) < 4.78 is 10.7. The molecule has 0 bridgehead atoms. The molecular weight excluding hydrogens is 152 g/mol. The molecule has 62 valence electrons. The molecule has 1 fully saturated rings. The van der Waals surface area contributed by atoms with Crippen molar-refractivity contribution in [1.82, 2.24) is 0 Å². The van der Waals surface area contributed by atoms with Crippen LogP contribution in [0.3, 0.4) is 0 Å². The highest BCUT2D eigenvalue weighted by atomic mass is 16.6. The van der Waals surface area contributed by atoms with Crippen molar-refractivity contribution in [3.05, 3.63) is 29.3 Å². The third-order valence-electron chi connectivity index (χ3n) is 2.46. The van der Waals surface area contributed by atoms with E-state index in [4.69, 9.17) is 9.47 Å². The van der Waals surface area contributed by atoms with Crippen molar-refractivity contribution in [3.63, 3.8) is 0 Å². The highest BCUT2D eigenvalue weighted by molar-refractivity contribution is 5.44. The molecule has 0 saturated carbocycles. The zero-order valence-corrected chi connectivity index (χ0v) is 6.75. The van der Waals surface area contributed by atoms with Gasteiger partial charge >= 0.3 is 0 Å². The summed E-state index contributed by atoms with van der Waals surface area (Å²) in [4.78, 5) is 0. The second-order valence-corrected chi connectivity index (χ2v) is 3.24. The van der Waals surface area contributed by atoms with Crippen LogP contribution in [0.15, 0.2) is 18.2 Å². The van der Waals surface area contributed by atoms with Crippen molar-refractivity contribution in [3.8, 4) is 5.75 Å². The minimum atomic E-state index is 0.363. The molecule has 1 atom stereocenters. The SMILES string of the molecule is c1cc2c(c([C@@H]3CO3)c1)CCO2. The van der Waals surface area contributed by atoms with Gasteiger partial charge in [0.15, 0.2) is 0 Å². The van der Waals surface area contributed by atoms with Crippen LogP contribution in [0.5, 0.6) is 5.75 Å². The van der Waals surface area contributed by atoms with Crippen LogP contribution in [0.2, 0.25) is 0 Å². The van der Waals surface area contributed by atoms with Crippen LogP contribution in [0.25, 0.3) is 0 Å². The van der Waals surface area contributed by atoms with E-state index >= 15 is 0 Å². The van der Waals surface area contributed by atoms with Crippen LogP contribution in [-0.2, 0) is 11.2 Å². The van der Waals surface area contributed by atoms with Crippen LogP contribution >= 0.6 is 0 Å². The molecule has 0 aromatic heterocycles. The van der Waals surface area contributed by atoms with E-state index in [2.05, 4.69) is 6.07 Å². The largest absolute Gasteiger partial charge is 0.493 e. The van der Waals surface area contributed by atoms with Gasteiger partial charge in [0.1, 0.15) is 11.9 Å². The lowest BCUT2D eigenvalue weighted by atomic mass is 10.0. The van der Waals surface area contributed by atoms with Gasteiger partial charge in [0.25, 0.3) is 0 Å². The maximum atomic E-state index is 5.46. The minimum absolute atomic E-state index is 0.363. The molecule has 0 spiro atoms. The molecule has 0 amide bonds. The van der Waals surface area contributed by atoms with E-state index in [9.17, 15) is 0 Å². The summed E-state index contributed by atoms with van der Waals surface area (Å²) in [6.45, 7) is 1.72. The summed E-state index contributed by atoms with van der Waals surface area (Å²) in [6.07, 6.45) is 1.41. The topological polar surface area (TPSA) is 21.8 Å². The smallest absolute Gasteiger partial charge is 0.122 e. The number of rotatable bonds is 1. The summed E-state index contributed by atoms with van der Waals surface area (Å²) in [5, 5.41) is 0. The molecular formula is C10H10O2. The molecule has 0 radical (unpaired) electrons. The summed E-state index contributed by atoms with van der Waals surface area (Å²) in [5.74, 6) is 1.06. The Kier molecular flexibility index (Phi) is 1.21. The van der Waals surface area contributed by atoms with Gasteiger partial charge in [-0.1, -0.05) is 12.1 Å². The normalized spacial score (nSPS) is 24.8. The number of ether oxygens (including phenoxy) is 2. The van der Waals surface area contributed by atoms with Gasteiger partial charge in [0, 0.05) is 12.0 Å². The Labute approximate surface area is 71.1 Å². The van der Waals surface area contributed by atoms with E-state index in [0.717, 1.165) is 25.4 Å². The zero-order valence-electron chi connectivity index (χ0n) is 6.75. The van der Waals surface area contributed by atoms with Crippen molar-refractivity contribution >= 4 is 0 Å². The molecule has 1 saturated heterocycles. The van der Waals surface area contributed by atoms with Crippen LogP contribution in [0.1, 0.15) is 17.2 Å². The molecule has 2 aliphatic heterocycles. The lowest BCUT2D eigenvalue weighted by Crippen LogP contribution is -1.88. The van der Waals surface area contributed by atoms with Gasteiger partial charge in [0.05, 0.1) is 13.2 Å². The first-order valence-electron chi connectivity index (χ1n) is 4.31. The predicted octanol–water partition coefficient (Wildman–Crippen LogP) is 1.69. The monoisotopic (exact) mass is 162 g/mol. The Morgan fingerprint density at radius 2 is 2.25 bits per heavy atom. The minimum Gasteiger partial charge on any atom is -0.493 e.